The third-order valence-corrected chi connectivity index (χ3v) is 1.01. The van der Waals surface area contributed by atoms with Gasteiger partial charge in [-0.15, -0.1) is 0 Å². The van der Waals surface area contributed by atoms with Gasteiger partial charge in [-0.3, -0.25) is 4.57 Å². The van der Waals surface area contributed by atoms with Crippen LogP contribution in [0.3, 0.4) is 0 Å². The number of rotatable bonds is 3. The summed E-state index contributed by atoms with van der Waals surface area (Å²) >= 11 is 0. The summed E-state index contributed by atoms with van der Waals surface area (Å²) in [5.74, 6) is -2.38. The second-order valence-electron chi connectivity index (χ2n) is 1.23. The molecule has 0 fully saturated rings. The highest BCUT2D eigenvalue weighted by Crippen LogP contribution is 2.02. The lowest BCUT2D eigenvalue weighted by atomic mass is 10.7. The molecule has 0 aliphatic carbocycles. The average molecular weight is 150 g/mol. The van der Waals surface area contributed by atoms with Gasteiger partial charge in [-0.25, -0.2) is 4.79 Å². The molecule has 0 amide bonds. The van der Waals surface area contributed by atoms with Crippen molar-refractivity contribution >= 4 is 14.4 Å². The molecule has 0 saturated heterocycles. The summed E-state index contributed by atoms with van der Waals surface area (Å²) in [5, 5.41) is 8.46. The van der Waals surface area contributed by atoms with Crippen LogP contribution in [0.4, 0.5) is 0 Å². The molecule has 0 aliphatic heterocycles. The van der Waals surface area contributed by atoms with E-state index in [9.17, 15) is 9.36 Å². The van der Waals surface area contributed by atoms with Gasteiger partial charge in [0, 0.05) is 0 Å². The Balaban J connectivity index is 3.58. The molecular weight excluding hydrogens is 143 g/mol. The first-order valence-electron chi connectivity index (χ1n) is 2.39. The first-order chi connectivity index (χ1) is 4.22. The summed E-state index contributed by atoms with van der Waals surface area (Å²) in [4.78, 5) is 10.3. The van der Waals surface area contributed by atoms with Crippen molar-refractivity contribution in [2.45, 2.75) is 12.8 Å². The van der Waals surface area contributed by atoms with E-state index in [0.29, 0.717) is 0 Å². The maximum Gasteiger partial charge on any atom is 0.347 e. The molecule has 0 saturated carbocycles. The van der Waals surface area contributed by atoms with E-state index in [2.05, 4.69) is 4.74 Å². The van der Waals surface area contributed by atoms with Crippen molar-refractivity contribution in [3.63, 3.8) is 0 Å². The van der Waals surface area contributed by atoms with Crippen LogP contribution in [0.15, 0.2) is 0 Å². The number of esters is 1. The Morgan fingerprint density at radius 1 is 1.89 bits per heavy atom. The summed E-state index contributed by atoms with van der Waals surface area (Å²) in [5.41, 5.74) is 0. The van der Waals surface area contributed by atoms with Gasteiger partial charge in [0.15, 0.2) is 8.46 Å². The molecule has 0 heterocycles. The van der Waals surface area contributed by atoms with Gasteiger partial charge in [0.25, 0.3) is 0 Å². The predicted molar refractivity (Wildman–Crippen MR) is 30.2 cm³/mol. The number of carbonyl (C=O) groups excluding carboxylic acids is 1. The molecule has 1 N–H and O–H groups in total. The van der Waals surface area contributed by atoms with Gasteiger partial charge in [-0.1, -0.05) is 0 Å². The summed E-state index contributed by atoms with van der Waals surface area (Å²) in [7, 11) is -0.622. The Hall–Kier alpha value is -0.470. The number of hydrogen-bond donors (Lipinski definition) is 1. The lowest BCUT2D eigenvalue weighted by Crippen LogP contribution is -2.16. The molecule has 0 radical (unpaired) electrons. The molecular formula is C4H7O4P. The van der Waals surface area contributed by atoms with Crippen molar-refractivity contribution in [2.75, 3.05) is 6.61 Å². The van der Waals surface area contributed by atoms with E-state index in [1.807, 2.05) is 0 Å². The van der Waals surface area contributed by atoms with E-state index in [-0.39, 0.29) is 6.61 Å². The van der Waals surface area contributed by atoms with Crippen LogP contribution in [-0.2, 0) is 14.1 Å². The highest BCUT2D eigenvalue weighted by molar-refractivity contribution is 7.26. The SMILES string of the molecule is CCOC(=O)C(O)P=O. The molecule has 0 aromatic rings. The van der Waals surface area contributed by atoms with Crippen LogP contribution < -0.4 is 0 Å². The highest BCUT2D eigenvalue weighted by Gasteiger charge is 2.14. The Morgan fingerprint density at radius 2 is 2.44 bits per heavy atom. The Morgan fingerprint density at radius 3 is 2.78 bits per heavy atom. The van der Waals surface area contributed by atoms with Crippen molar-refractivity contribution in [2.24, 2.45) is 0 Å². The van der Waals surface area contributed by atoms with Crippen LogP contribution in [0, 0.1) is 0 Å². The van der Waals surface area contributed by atoms with E-state index in [1.165, 1.54) is 0 Å². The molecule has 1 atom stereocenters. The minimum atomic E-state index is -1.52. The molecule has 1 unspecified atom stereocenters. The largest absolute Gasteiger partial charge is 0.463 e. The Kier molecular flexibility index (Phi) is 4.18. The van der Waals surface area contributed by atoms with Gasteiger partial charge in [-0.2, -0.15) is 0 Å². The first kappa shape index (κ1) is 8.53. The highest BCUT2D eigenvalue weighted by atomic mass is 31.1. The van der Waals surface area contributed by atoms with E-state index in [1.54, 1.807) is 6.92 Å². The zero-order chi connectivity index (χ0) is 7.28. The summed E-state index contributed by atoms with van der Waals surface area (Å²) in [6.07, 6.45) is 0. The molecule has 0 bridgehead atoms. The zero-order valence-electron chi connectivity index (χ0n) is 4.90. The monoisotopic (exact) mass is 150 g/mol. The number of hydrogen-bond acceptors (Lipinski definition) is 4. The Bertz CT molecular complexity index is 113. The molecule has 0 aliphatic rings. The van der Waals surface area contributed by atoms with E-state index in [0.717, 1.165) is 0 Å². The standard InChI is InChI=1S/C4H7O4P/c1-2-8-3(5)4(6)9-7/h4,6H,2H2,1H3. The zero-order valence-corrected chi connectivity index (χ0v) is 5.80. The van der Waals surface area contributed by atoms with Gasteiger partial charge in [0.2, 0.25) is 5.85 Å². The molecule has 0 aromatic carbocycles. The van der Waals surface area contributed by atoms with Crippen LogP contribution in [-0.4, -0.2) is 23.5 Å². The summed E-state index contributed by atoms with van der Waals surface area (Å²) < 4.78 is 14.1. The average Bonchev–Trinajstić information content (AvgIpc) is 1.87. The molecule has 9 heavy (non-hydrogen) atoms. The topological polar surface area (TPSA) is 63.6 Å². The van der Waals surface area contributed by atoms with Gasteiger partial charge in [0.1, 0.15) is 0 Å². The van der Waals surface area contributed by atoms with Gasteiger partial charge in [-0.05, 0) is 6.92 Å². The molecule has 5 heteroatoms. The normalized spacial score (nSPS) is 13.1. The third kappa shape index (κ3) is 3.16. The molecule has 0 spiro atoms. The quantitative estimate of drug-likeness (QED) is 0.459. The van der Waals surface area contributed by atoms with Crippen LogP contribution in [0.2, 0.25) is 0 Å². The number of ether oxygens (including phenoxy) is 1. The van der Waals surface area contributed by atoms with Crippen molar-refractivity contribution in [3.05, 3.63) is 0 Å². The summed E-state index contributed by atoms with van der Waals surface area (Å²) in [6.45, 7) is 1.79. The Labute approximate surface area is 54.0 Å². The lowest BCUT2D eigenvalue weighted by molar-refractivity contribution is -0.148. The van der Waals surface area contributed by atoms with Gasteiger partial charge in [0.05, 0.1) is 6.61 Å². The third-order valence-electron chi connectivity index (χ3n) is 0.597. The maximum absolute atomic E-state index is 10.3. The van der Waals surface area contributed by atoms with E-state index >= 15 is 0 Å². The fourth-order valence-electron chi connectivity index (χ4n) is 0.260. The predicted octanol–water partition coefficient (Wildman–Crippen LogP) is 0.160. The maximum atomic E-state index is 10.3. The summed E-state index contributed by atoms with van der Waals surface area (Å²) in [6, 6.07) is 0. The van der Waals surface area contributed by atoms with E-state index < -0.39 is 20.3 Å². The molecule has 4 nitrogen and oxygen atoms in total. The second-order valence-corrected chi connectivity index (χ2v) is 1.93. The van der Waals surface area contributed by atoms with Gasteiger partial charge >= 0.3 is 5.97 Å². The van der Waals surface area contributed by atoms with Crippen molar-refractivity contribution in [1.82, 2.24) is 0 Å². The van der Waals surface area contributed by atoms with Crippen molar-refractivity contribution in [3.8, 4) is 0 Å². The fraction of sp³-hybridized carbons (Fsp3) is 0.750. The van der Waals surface area contributed by atoms with Crippen LogP contribution >= 0.6 is 8.46 Å². The minimum absolute atomic E-state index is 0.186. The fourth-order valence-corrected chi connectivity index (χ4v) is 0.420. The first-order valence-corrected chi connectivity index (χ1v) is 3.27. The van der Waals surface area contributed by atoms with Gasteiger partial charge < -0.3 is 9.84 Å². The minimum Gasteiger partial charge on any atom is -0.463 e. The van der Waals surface area contributed by atoms with Crippen molar-refractivity contribution in [1.29, 1.82) is 0 Å². The smallest absolute Gasteiger partial charge is 0.347 e. The molecule has 0 rings (SSSR count). The van der Waals surface area contributed by atoms with E-state index in [4.69, 9.17) is 5.11 Å². The van der Waals surface area contributed by atoms with Crippen LogP contribution in [0.25, 0.3) is 0 Å². The van der Waals surface area contributed by atoms with Crippen LogP contribution in [0.5, 0.6) is 0 Å². The second kappa shape index (κ2) is 4.41. The number of aliphatic hydroxyl groups excluding tert-OH is 1. The molecule has 52 valence electrons. The van der Waals surface area contributed by atoms with Crippen molar-refractivity contribution < 1.29 is 19.2 Å². The molecule has 0 aromatic heterocycles. The lowest BCUT2D eigenvalue weighted by Gasteiger charge is -1.99. The van der Waals surface area contributed by atoms with Crippen LogP contribution in [0.1, 0.15) is 6.92 Å². The number of carbonyl (C=O) groups is 1. The number of aliphatic hydroxyl groups is 1.